The van der Waals surface area contributed by atoms with Gasteiger partial charge in [0.25, 0.3) is 0 Å². The Kier molecular flexibility index (Phi) is 1.65. The molecule has 2 nitrogen and oxygen atoms in total. The molecule has 72 valence electrons. The summed E-state index contributed by atoms with van der Waals surface area (Å²) in [5.74, 6) is -0.112. The lowest BCUT2D eigenvalue weighted by Crippen LogP contribution is -2.25. The van der Waals surface area contributed by atoms with Crippen molar-refractivity contribution in [3.8, 4) is 0 Å². The van der Waals surface area contributed by atoms with Gasteiger partial charge in [-0.05, 0) is 26.8 Å². The fourth-order valence-electron chi connectivity index (χ4n) is 1.82. The van der Waals surface area contributed by atoms with E-state index in [-0.39, 0.29) is 11.6 Å². The number of carbonyl (C=O) groups is 2. The topological polar surface area (TPSA) is 34.1 Å². The van der Waals surface area contributed by atoms with Crippen molar-refractivity contribution >= 4 is 11.6 Å². The standard InChI is InChI=1S/C12H12O2/c1-7-4-5-8-9(6-7)11(14)12(2,3)10(8)13/h4-6H,1-3H3. The van der Waals surface area contributed by atoms with Crippen molar-refractivity contribution in [2.24, 2.45) is 5.41 Å². The molecule has 1 aromatic carbocycles. The van der Waals surface area contributed by atoms with Gasteiger partial charge in [0.05, 0.1) is 5.41 Å². The van der Waals surface area contributed by atoms with Crippen LogP contribution in [0.3, 0.4) is 0 Å². The van der Waals surface area contributed by atoms with Gasteiger partial charge < -0.3 is 0 Å². The first-order valence-electron chi connectivity index (χ1n) is 4.65. The van der Waals surface area contributed by atoms with Crippen molar-refractivity contribution in [1.82, 2.24) is 0 Å². The number of aryl methyl sites for hydroxylation is 1. The Morgan fingerprint density at radius 2 is 1.57 bits per heavy atom. The highest BCUT2D eigenvalue weighted by atomic mass is 16.2. The number of benzene rings is 1. The van der Waals surface area contributed by atoms with E-state index in [0.717, 1.165) is 5.56 Å². The summed E-state index contributed by atoms with van der Waals surface area (Å²) in [6.07, 6.45) is 0. The molecule has 0 spiro atoms. The summed E-state index contributed by atoms with van der Waals surface area (Å²) in [4.78, 5) is 23.7. The number of rotatable bonds is 0. The zero-order valence-electron chi connectivity index (χ0n) is 8.55. The van der Waals surface area contributed by atoms with Crippen LogP contribution in [0.5, 0.6) is 0 Å². The van der Waals surface area contributed by atoms with Crippen LogP contribution in [-0.4, -0.2) is 11.6 Å². The predicted octanol–water partition coefficient (Wildman–Crippen LogP) is 2.40. The first-order chi connectivity index (χ1) is 6.44. The Hall–Kier alpha value is -1.44. The molecule has 1 aromatic rings. The average Bonchev–Trinajstić information content (AvgIpc) is 2.29. The van der Waals surface area contributed by atoms with Gasteiger partial charge >= 0.3 is 0 Å². The molecule has 0 unspecified atom stereocenters. The van der Waals surface area contributed by atoms with Crippen LogP contribution >= 0.6 is 0 Å². The number of hydrogen-bond acceptors (Lipinski definition) is 2. The molecule has 1 aliphatic carbocycles. The third-order valence-electron chi connectivity index (χ3n) is 2.80. The van der Waals surface area contributed by atoms with E-state index < -0.39 is 5.41 Å². The van der Waals surface area contributed by atoms with Crippen LogP contribution in [0.4, 0.5) is 0 Å². The molecule has 0 atom stereocenters. The van der Waals surface area contributed by atoms with Crippen LogP contribution in [0.25, 0.3) is 0 Å². The van der Waals surface area contributed by atoms with Crippen LogP contribution < -0.4 is 0 Å². The molecule has 0 fully saturated rings. The number of carbonyl (C=O) groups excluding carboxylic acids is 2. The summed E-state index contributed by atoms with van der Waals surface area (Å²) in [6, 6.07) is 5.41. The third kappa shape index (κ3) is 0.969. The monoisotopic (exact) mass is 188 g/mol. The molecule has 1 aliphatic rings. The fourth-order valence-corrected chi connectivity index (χ4v) is 1.82. The van der Waals surface area contributed by atoms with Gasteiger partial charge in [-0.3, -0.25) is 9.59 Å². The highest BCUT2D eigenvalue weighted by molar-refractivity contribution is 6.29. The third-order valence-corrected chi connectivity index (χ3v) is 2.80. The minimum atomic E-state index is -0.865. The van der Waals surface area contributed by atoms with E-state index >= 15 is 0 Å². The Bertz CT molecular complexity index is 442. The summed E-state index contributed by atoms with van der Waals surface area (Å²) < 4.78 is 0. The molecule has 14 heavy (non-hydrogen) atoms. The predicted molar refractivity (Wildman–Crippen MR) is 53.6 cm³/mol. The van der Waals surface area contributed by atoms with Crippen LogP contribution in [0, 0.1) is 12.3 Å². The maximum Gasteiger partial charge on any atom is 0.176 e. The first kappa shape index (κ1) is 9.13. The fraction of sp³-hybridized carbons (Fsp3) is 0.333. The summed E-state index contributed by atoms with van der Waals surface area (Å²) in [5.41, 5.74) is 1.31. The van der Waals surface area contributed by atoms with Crippen LogP contribution in [0.2, 0.25) is 0 Å². The van der Waals surface area contributed by atoms with Crippen molar-refractivity contribution in [2.75, 3.05) is 0 Å². The maximum atomic E-state index is 11.9. The largest absolute Gasteiger partial charge is 0.293 e. The Labute approximate surface area is 82.9 Å². The van der Waals surface area contributed by atoms with Gasteiger partial charge in [-0.1, -0.05) is 17.7 Å². The van der Waals surface area contributed by atoms with Crippen molar-refractivity contribution in [3.63, 3.8) is 0 Å². The van der Waals surface area contributed by atoms with Gasteiger partial charge in [0, 0.05) is 11.1 Å². The number of Topliss-reactive ketones (excluding diaryl/α,β-unsaturated/α-hetero) is 2. The highest BCUT2D eigenvalue weighted by Crippen LogP contribution is 2.36. The second-order valence-electron chi connectivity index (χ2n) is 4.33. The van der Waals surface area contributed by atoms with Crippen molar-refractivity contribution < 1.29 is 9.59 Å². The lowest BCUT2D eigenvalue weighted by molar-refractivity contribution is 0.0746. The lowest BCUT2D eigenvalue weighted by atomic mass is 9.88. The molecule has 0 saturated carbocycles. The quantitative estimate of drug-likeness (QED) is 0.586. The van der Waals surface area contributed by atoms with E-state index in [0.29, 0.717) is 11.1 Å². The van der Waals surface area contributed by atoms with Crippen LogP contribution in [0.1, 0.15) is 40.1 Å². The van der Waals surface area contributed by atoms with Gasteiger partial charge in [-0.2, -0.15) is 0 Å². The molecule has 0 saturated heterocycles. The van der Waals surface area contributed by atoms with Gasteiger partial charge in [0.15, 0.2) is 11.6 Å². The highest BCUT2D eigenvalue weighted by Gasteiger charge is 2.45. The molecule has 2 heteroatoms. The minimum Gasteiger partial charge on any atom is -0.293 e. The molecule has 2 rings (SSSR count). The molecule has 0 bridgehead atoms. The Balaban J connectivity index is 2.71. The zero-order chi connectivity index (χ0) is 10.5. The van der Waals surface area contributed by atoms with E-state index in [1.54, 1.807) is 26.0 Å². The van der Waals surface area contributed by atoms with E-state index in [1.807, 2.05) is 13.0 Å². The summed E-state index contributed by atoms with van der Waals surface area (Å²) in [5, 5.41) is 0. The van der Waals surface area contributed by atoms with Gasteiger partial charge in [-0.15, -0.1) is 0 Å². The summed E-state index contributed by atoms with van der Waals surface area (Å²) in [7, 11) is 0. The molecular weight excluding hydrogens is 176 g/mol. The van der Waals surface area contributed by atoms with E-state index in [9.17, 15) is 9.59 Å². The van der Waals surface area contributed by atoms with E-state index in [2.05, 4.69) is 0 Å². The molecule has 0 amide bonds. The number of hydrogen-bond donors (Lipinski definition) is 0. The van der Waals surface area contributed by atoms with Crippen molar-refractivity contribution in [1.29, 1.82) is 0 Å². The molecule has 0 radical (unpaired) electrons. The minimum absolute atomic E-state index is 0.0544. The smallest absolute Gasteiger partial charge is 0.176 e. The van der Waals surface area contributed by atoms with E-state index in [1.165, 1.54) is 0 Å². The molecular formula is C12H12O2. The molecule has 0 heterocycles. The van der Waals surface area contributed by atoms with Crippen molar-refractivity contribution in [2.45, 2.75) is 20.8 Å². The van der Waals surface area contributed by atoms with E-state index in [4.69, 9.17) is 0 Å². The number of fused-ring (bicyclic) bond motifs is 1. The van der Waals surface area contributed by atoms with Crippen LogP contribution in [0.15, 0.2) is 18.2 Å². The second-order valence-corrected chi connectivity index (χ2v) is 4.33. The number of ketones is 2. The van der Waals surface area contributed by atoms with Gasteiger partial charge in [-0.25, -0.2) is 0 Å². The second kappa shape index (κ2) is 2.53. The maximum absolute atomic E-state index is 11.9. The normalized spacial score (nSPS) is 18.5. The summed E-state index contributed by atoms with van der Waals surface area (Å²) >= 11 is 0. The van der Waals surface area contributed by atoms with Crippen molar-refractivity contribution in [3.05, 3.63) is 34.9 Å². The Morgan fingerprint density at radius 3 is 2.21 bits per heavy atom. The summed E-state index contributed by atoms with van der Waals surface area (Å²) in [6.45, 7) is 5.29. The molecule has 0 N–H and O–H groups in total. The van der Waals surface area contributed by atoms with Gasteiger partial charge in [0.1, 0.15) is 0 Å². The lowest BCUT2D eigenvalue weighted by Gasteiger charge is -2.11. The zero-order valence-corrected chi connectivity index (χ0v) is 8.55. The average molecular weight is 188 g/mol. The first-order valence-corrected chi connectivity index (χ1v) is 4.65. The SMILES string of the molecule is Cc1ccc2c(c1)C(=O)C(C)(C)C2=O. The van der Waals surface area contributed by atoms with Crippen LogP contribution in [-0.2, 0) is 0 Å². The van der Waals surface area contributed by atoms with Gasteiger partial charge in [0.2, 0.25) is 0 Å². The molecule has 0 aromatic heterocycles. The Morgan fingerprint density at radius 1 is 1.00 bits per heavy atom. The molecule has 0 aliphatic heterocycles.